The number of H-pyrrole nitrogens is 1. The van der Waals surface area contributed by atoms with Gasteiger partial charge in [-0.25, -0.2) is 5.10 Å². The third-order valence-electron chi connectivity index (χ3n) is 1.87. The van der Waals surface area contributed by atoms with Crippen LogP contribution in [-0.4, -0.2) is 35.9 Å². The van der Waals surface area contributed by atoms with Crippen molar-refractivity contribution < 1.29 is 9.53 Å². The third kappa shape index (κ3) is 4.22. The molecule has 6 heteroatoms. The summed E-state index contributed by atoms with van der Waals surface area (Å²) in [5.74, 6) is -0.298. The van der Waals surface area contributed by atoms with Gasteiger partial charge in [0, 0.05) is 25.8 Å². The summed E-state index contributed by atoms with van der Waals surface area (Å²) >= 11 is 0. The van der Waals surface area contributed by atoms with Crippen LogP contribution in [0.3, 0.4) is 0 Å². The maximum Gasteiger partial charge on any atom is 0.271 e. The van der Waals surface area contributed by atoms with E-state index < -0.39 is 0 Å². The molecule has 1 aromatic heterocycles. The molecule has 16 heavy (non-hydrogen) atoms. The molecular formula is C10H15N3O3. The van der Waals surface area contributed by atoms with Crippen LogP contribution in [-0.2, 0) is 4.74 Å². The van der Waals surface area contributed by atoms with Gasteiger partial charge in [-0.2, -0.15) is 5.10 Å². The average Bonchev–Trinajstić information content (AvgIpc) is 2.29. The van der Waals surface area contributed by atoms with Crippen molar-refractivity contribution in [3.63, 3.8) is 0 Å². The van der Waals surface area contributed by atoms with E-state index in [1.165, 1.54) is 12.1 Å². The SMILES string of the molecule is CCOCCCNC(=O)c1ccc(=O)[nH]n1. The summed E-state index contributed by atoms with van der Waals surface area (Å²) in [5.41, 5.74) is -0.121. The molecule has 0 unspecified atom stereocenters. The van der Waals surface area contributed by atoms with E-state index in [1.807, 2.05) is 6.92 Å². The predicted molar refractivity (Wildman–Crippen MR) is 58.3 cm³/mol. The Morgan fingerprint density at radius 2 is 2.38 bits per heavy atom. The number of nitrogens with one attached hydrogen (secondary N) is 2. The first kappa shape index (κ1) is 12.4. The lowest BCUT2D eigenvalue weighted by atomic mass is 10.3. The first-order chi connectivity index (χ1) is 7.74. The molecule has 1 rings (SSSR count). The van der Waals surface area contributed by atoms with Gasteiger partial charge in [-0.3, -0.25) is 9.59 Å². The molecule has 0 aliphatic carbocycles. The molecule has 0 saturated carbocycles. The van der Waals surface area contributed by atoms with Crippen molar-refractivity contribution >= 4 is 5.91 Å². The summed E-state index contributed by atoms with van der Waals surface area (Å²) in [6.45, 7) is 3.74. The number of hydrogen-bond acceptors (Lipinski definition) is 4. The highest BCUT2D eigenvalue weighted by Gasteiger charge is 2.05. The Hall–Kier alpha value is -1.69. The summed E-state index contributed by atoms with van der Waals surface area (Å²) < 4.78 is 5.12. The highest BCUT2D eigenvalue weighted by molar-refractivity contribution is 5.91. The smallest absolute Gasteiger partial charge is 0.271 e. The Bertz CT molecular complexity index is 369. The van der Waals surface area contributed by atoms with Crippen molar-refractivity contribution in [1.29, 1.82) is 0 Å². The zero-order valence-corrected chi connectivity index (χ0v) is 9.16. The van der Waals surface area contributed by atoms with E-state index >= 15 is 0 Å². The normalized spacial score (nSPS) is 10.1. The van der Waals surface area contributed by atoms with Crippen LogP contribution in [0.2, 0.25) is 0 Å². The van der Waals surface area contributed by atoms with Crippen LogP contribution in [0.4, 0.5) is 0 Å². The quantitative estimate of drug-likeness (QED) is 0.663. The van der Waals surface area contributed by atoms with E-state index in [-0.39, 0.29) is 17.2 Å². The van der Waals surface area contributed by atoms with Crippen LogP contribution < -0.4 is 10.9 Å². The van der Waals surface area contributed by atoms with Gasteiger partial charge in [-0.1, -0.05) is 0 Å². The van der Waals surface area contributed by atoms with Crippen LogP contribution >= 0.6 is 0 Å². The number of carbonyl (C=O) groups is 1. The number of carbonyl (C=O) groups excluding carboxylic acids is 1. The summed E-state index contributed by atoms with van der Waals surface area (Å²) in [6, 6.07) is 2.65. The maximum absolute atomic E-state index is 11.5. The molecule has 0 bridgehead atoms. The summed E-state index contributed by atoms with van der Waals surface area (Å²) in [4.78, 5) is 22.2. The summed E-state index contributed by atoms with van der Waals surface area (Å²) in [6.07, 6.45) is 0.753. The van der Waals surface area contributed by atoms with Gasteiger partial charge in [-0.15, -0.1) is 0 Å². The van der Waals surface area contributed by atoms with Crippen LogP contribution in [0.5, 0.6) is 0 Å². The predicted octanol–water partition coefficient (Wildman–Crippen LogP) is -0.0737. The van der Waals surface area contributed by atoms with Crippen molar-refractivity contribution in [1.82, 2.24) is 15.5 Å². The second-order valence-electron chi connectivity index (χ2n) is 3.11. The Balaban J connectivity index is 2.30. The lowest BCUT2D eigenvalue weighted by Gasteiger charge is -2.03. The molecule has 0 aliphatic rings. The minimum Gasteiger partial charge on any atom is -0.382 e. The van der Waals surface area contributed by atoms with Crippen LogP contribution in [0.15, 0.2) is 16.9 Å². The van der Waals surface area contributed by atoms with Crippen molar-refractivity contribution in [3.05, 3.63) is 28.2 Å². The van der Waals surface area contributed by atoms with Gasteiger partial charge in [0.1, 0.15) is 5.69 Å². The zero-order chi connectivity index (χ0) is 11.8. The van der Waals surface area contributed by atoms with E-state index in [9.17, 15) is 9.59 Å². The van der Waals surface area contributed by atoms with Crippen molar-refractivity contribution in [2.24, 2.45) is 0 Å². The molecule has 1 aromatic rings. The monoisotopic (exact) mass is 225 g/mol. The summed E-state index contributed by atoms with van der Waals surface area (Å²) in [7, 11) is 0. The Morgan fingerprint density at radius 3 is 3.00 bits per heavy atom. The number of ether oxygens (including phenoxy) is 1. The fourth-order valence-electron chi connectivity index (χ4n) is 1.08. The molecule has 0 atom stereocenters. The van der Waals surface area contributed by atoms with Crippen molar-refractivity contribution in [2.45, 2.75) is 13.3 Å². The first-order valence-corrected chi connectivity index (χ1v) is 5.15. The van der Waals surface area contributed by atoms with E-state index in [1.54, 1.807) is 0 Å². The van der Waals surface area contributed by atoms with Crippen molar-refractivity contribution in [2.75, 3.05) is 19.8 Å². The second kappa shape index (κ2) is 6.73. The summed E-state index contributed by atoms with van der Waals surface area (Å²) in [5, 5.41) is 8.49. The first-order valence-electron chi connectivity index (χ1n) is 5.15. The topological polar surface area (TPSA) is 84.1 Å². The molecule has 2 N–H and O–H groups in total. The lowest BCUT2D eigenvalue weighted by Crippen LogP contribution is -2.27. The molecule has 1 heterocycles. The van der Waals surface area contributed by atoms with Crippen molar-refractivity contribution in [3.8, 4) is 0 Å². The number of aromatic nitrogens is 2. The number of rotatable bonds is 6. The fraction of sp³-hybridized carbons (Fsp3) is 0.500. The molecular weight excluding hydrogens is 210 g/mol. The fourth-order valence-corrected chi connectivity index (χ4v) is 1.08. The van der Waals surface area contributed by atoms with E-state index in [0.29, 0.717) is 19.8 Å². The Morgan fingerprint density at radius 1 is 1.56 bits per heavy atom. The molecule has 88 valence electrons. The van der Waals surface area contributed by atoms with Gasteiger partial charge in [0.25, 0.3) is 11.5 Å². The van der Waals surface area contributed by atoms with Crippen LogP contribution in [0.25, 0.3) is 0 Å². The standard InChI is InChI=1S/C10H15N3O3/c1-2-16-7-3-6-11-10(15)8-4-5-9(14)13-12-8/h4-5H,2-3,6-7H2,1H3,(H,11,15)(H,13,14). The zero-order valence-electron chi connectivity index (χ0n) is 9.16. The Kier molecular flexibility index (Phi) is 5.21. The number of amides is 1. The molecule has 0 saturated heterocycles. The highest BCUT2D eigenvalue weighted by atomic mass is 16.5. The van der Waals surface area contributed by atoms with Gasteiger partial charge in [0.15, 0.2) is 0 Å². The molecule has 0 radical (unpaired) electrons. The van der Waals surface area contributed by atoms with E-state index in [2.05, 4.69) is 15.5 Å². The van der Waals surface area contributed by atoms with Gasteiger partial charge in [-0.05, 0) is 19.4 Å². The third-order valence-corrected chi connectivity index (χ3v) is 1.87. The molecule has 6 nitrogen and oxygen atoms in total. The molecule has 0 aliphatic heterocycles. The molecule has 1 amide bonds. The maximum atomic E-state index is 11.5. The van der Waals surface area contributed by atoms with E-state index in [4.69, 9.17) is 4.74 Å². The Labute approximate surface area is 93.0 Å². The minimum absolute atomic E-state index is 0.205. The van der Waals surface area contributed by atoms with Crippen LogP contribution in [0, 0.1) is 0 Å². The largest absolute Gasteiger partial charge is 0.382 e. The van der Waals surface area contributed by atoms with Gasteiger partial charge >= 0.3 is 0 Å². The molecule has 0 aromatic carbocycles. The number of hydrogen-bond donors (Lipinski definition) is 2. The molecule has 0 fully saturated rings. The average molecular weight is 225 g/mol. The second-order valence-corrected chi connectivity index (χ2v) is 3.11. The van der Waals surface area contributed by atoms with E-state index in [0.717, 1.165) is 6.42 Å². The molecule has 0 spiro atoms. The highest BCUT2D eigenvalue weighted by Crippen LogP contribution is 1.88. The van der Waals surface area contributed by atoms with Gasteiger partial charge in [0.2, 0.25) is 0 Å². The minimum atomic E-state index is -0.326. The van der Waals surface area contributed by atoms with Gasteiger partial charge in [0.05, 0.1) is 0 Å². The van der Waals surface area contributed by atoms with Crippen LogP contribution in [0.1, 0.15) is 23.8 Å². The van der Waals surface area contributed by atoms with Gasteiger partial charge < -0.3 is 10.1 Å². The number of nitrogens with zero attached hydrogens (tertiary/aromatic N) is 1. The lowest BCUT2D eigenvalue weighted by molar-refractivity contribution is 0.0938. The number of aromatic amines is 1.